The van der Waals surface area contributed by atoms with Crippen LogP contribution in [0.25, 0.3) is 33.5 Å². The molecule has 0 saturated carbocycles. The third kappa shape index (κ3) is 2.76. The second-order valence-electron chi connectivity index (χ2n) is 6.88. The molecule has 0 atom stereocenters. The van der Waals surface area contributed by atoms with E-state index >= 15 is 0 Å². The minimum absolute atomic E-state index is 0.752. The van der Waals surface area contributed by atoms with Gasteiger partial charge >= 0.3 is 0 Å². The minimum atomic E-state index is 0.752. The molecule has 0 radical (unpaired) electrons. The second kappa shape index (κ2) is 6.34. The fourth-order valence-electron chi connectivity index (χ4n) is 3.55. The molecule has 3 heteroatoms. The third-order valence-corrected chi connectivity index (χ3v) is 5.09. The Bertz CT molecular complexity index is 1120. The van der Waals surface area contributed by atoms with Crippen LogP contribution < -0.4 is 4.57 Å². The van der Waals surface area contributed by atoms with Crippen molar-refractivity contribution in [2.24, 2.45) is 7.05 Å². The molecule has 4 aromatic rings. The van der Waals surface area contributed by atoms with Crippen LogP contribution in [0.4, 0.5) is 0 Å². The van der Waals surface area contributed by atoms with Gasteiger partial charge in [0.1, 0.15) is 7.05 Å². The van der Waals surface area contributed by atoms with E-state index in [-0.39, 0.29) is 0 Å². The van der Waals surface area contributed by atoms with Crippen LogP contribution in [0.15, 0.2) is 60.9 Å². The summed E-state index contributed by atoms with van der Waals surface area (Å²) in [5.74, 6) is 0.752. The highest BCUT2D eigenvalue weighted by atomic mass is 14.9. The van der Waals surface area contributed by atoms with Crippen molar-refractivity contribution in [3.63, 3.8) is 0 Å². The molecule has 128 valence electrons. The number of aromatic nitrogens is 3. The Morgan fingerprint density at radius 2 is 1.58 bits per heavy atom. The lowest BCUT2D eigenvalue weighted by Crippen LogP contribution is -2.32. The summed E-state index contributed by atoms with van der Waals surface area (Å²) in [5.41, 5.74) is 8.64. The van der Waals surface area contributed by atoms with Crippen LogP contribution in [-0.2, 0) is 7.05 Å². The van der Waals surface area contributed by atoms with E-state index in [1.54, 1.807) is 12.4 Å². The molecular weight excluding hydrogens is 318 g/mol. The Morgan fingerprint density at radius 1 is 0.846 bits per heavy atom. The number of pyridine rings is 1. The Kier molecular flexibility index (Phi) is 4.00. The van der Waals surface area contributed by atoms with Gasteiger partial charge in [-0.15, -0.1) is 0 Å². The summed E-state index contributed by atoms with van der Waals surface area (Å²) in [6, 6.07) is 17.1. The molecule has 0 aliphatic rings. The van der Waals surface area contributed by atoms with Gasteiger partial charge in [0.25, 0.3) is 0 Å². The molecule has 0 aliphatic heterocycles. The molecule has 0 unspecified atom stereocenters. The summed E-state index contributed by atoms with van der Waals surface area (Å²) in [4.78, 5) is 8.77. The predicted molar refractivity (Wildman–Crippen MR) is 106 cm³/mol. The Morgan fingerprint density at radius 3 is 2.35 bits per heavy atom. The molecule has 0 spiro atoms. The van der Waals surface area contributed by atoms with Crippen molar-refractivity contribution >= 4 is 10.9 Å². The quantitative estimate of drug-likeness (QED) is 0.495. The largest absolute Gasteiger partial charge is 0.237 e. The highest BCUT2D eigenvalue weighted by Gasteiger charge is 2.18. The number of hydrogen-bond acceptors (Lipinski definition) is 2. The molecule has 0 N–H and O–H groups in total. The highest BCUT2D eigenvalue weighted by Crippen LogP contribution is 2.27. The fourth-order valence-corrected chi connectivity index (χ4v) is 3.55. The molecule has 0 aliphatic carbocycles. The number of aryl methyl sites for hydroxylation is 3. The number of fused-ring (bicyclic) bond motifs is 1. The van der Waals surface area contributed by atoms with Crippen molar-refractivity contribution in [2.75, 3.05) is 0 Å². The molecule has 26 heavy (non-hydrogen) atoms. The van der Waals surface area contributed by atoms with E-state index in [1.807, 2.05) is 6.07 Å². The van der Waals surface area contributed by atoms with Crippen molar-refractivity contribution < 1.29 is 4.57 Å². The van der Waals surface area contributed by atoms with Crippen LogP contribution in [0, 0.1) is 20.8 Å². The van der Waals surface area contributed by atoms with Gasteiger partial charge in [-0.25, -0.2) is 9.97 Å². The third-order valence-electron chi connectivity index (χ3n) is 5.09. The molecule has 0 amide bonds. The van der Waals surface area contributed by atoms with E-state index in [0.29, 0.717) is 0 Å². The maximum absolute atomic E-state index is 4.38. The van der Waals surface area contributed by atoms with E-state index in [2.05, 4.69) is 84.8 Å². The zero-order valence-electron chi connectivity index (χ0n) is 15.6. The van der Waals surface area contributed by atoms with Crippen molar-refractivity contribution in [2.45, 2.75) is 20.8 Å². The predicted octanol–water partition coefficient (Wildman–Crippen LogP) is 4.71. The second-order valence-corrected chi connectivity index (χ2v) is 6.88. The Labute approximate surface area is 154 Å². The average Bonchev–Trinajstić information content (AvgIpc) is 2.66. The first-order valence-electron chi connectivity index (χ1n) is 8.83. The van der Waals surface area contributed by atoms with Gasteiger partial charge in [0.2, 0.25) is 11.2 Å². The SMILES string of the molecule is Cc1cc(C)c(C)c(-c2ccc3ccc(-c4ncccn4)cc3[n+]2C)c1. The van der Waals surface area contributed by atoms with E-state index in [9.17, 15) is 0 Å². The van der Waals surface area contributed by atoms with Crippen molar-refractivity contribution in [1.29, 1.82) is 0 Å². The molecule has 0 fully saturated rings. The highest BCUT2D eigenvalue weighted by molar-refractivity contribution is 5.82. The van der Waals surface area contributed by atoms with Gasteiger partial charge in [-0.05, 0) is 56.2 Å². The molecule has 0 saturated heterocycles. The van der Waals surface area contributed by atoms with E-state index in [4.69, 9.17) is 0 Å². The zero-order valence-corrected chi connectivity index (χ0v) is 15.6. The molecule has 2 aromatic heterocycles. The van der Waals surface area contributed by atoms with Crippen molar-refractivity contribution in [3.8, 4) is 22.6 Å². The lowest BCUT2D eigenvalue weighted by Gasteiger charge is -2.10. The van der Waals surface area contributed by atoms with Gasteiger partial charge < -0.3 is 0 Å². The van der Waals surface area contributed by atoms with Crippen LogP contribution in [0.3, 0.4) is 0 Å². The number of nitrogens with zero attached hydrogens (tertiary/aromatic N) is 3. The first kappa shape index (κ1) is 16.4. The smallest absolute Gasteiger partial charge is 0.213 e. The number of hydrogen-bond donors (Lipinski definition) is 0. The maximum Gasteiger partial charge on any atom is 0.213 e. The van der Waals surface area contributed by atoms with Crippen LogP contribution in [0.5, 0.6) is 0 Å². The summed E-state index contributed by atoms with van der Waals surface area (Å²) in [6.45, 7) is 6.53. The van der Waals surface area contributed by atoms with E-state index in [1.165, 1.54) is 38.9 Å². The van der Waals surface area contributed by atoms with E-state index in [0.717, 1.165) is 11.4 Å². The van der Waals surface area contributed by atoms with Gasteiger partial charge in [-0.3, -0.25) is 0 Å². The van der Waals surface area contributed by atoms with Crippen LogP contribution >= 0.6 is 0 Å². The summed E-state index contributed by atoms with van der Waals surface area (Å²) >= 11 is 0. The fraction of sp³-hybridized carbons (Fsp3) is 0.174. The minimum Gasteiger partial charge on any atom is -0.237 e. The molecular formula is C23H22N3+. The van der Waals surface area contributed by atoms with Gasteiger partial charge in [0.05, 0.1) is 0 Å². The van der Waals surface area contributed by atoms with Gasteiger partial charge in [-0.2, -0.15) is 4.57 Å². The van der Waals surface area contributed by atoms with E-state index < -0.39 is 0 Å². The monoisotopic (exact) mass is 340 g/mol. The van der Waals surface area contributed by atoms with Gasteiger partial charge in [0.15, 0.2) is 5.82 Å². The van der Waals surface area contributed by atoms with Crippen molar-refractivity contribution in [3.05, 3.63) is 77.6 Å². The summed E-state index contributed by atoms with van der Waals surface area (Å²) < 4.78 is 2.27. The molecule has 3 nitrogen and oxygen atoms in total. The molecule has 2 aromatic carbocycles. The first-order chi connectivity index (χ1) is 12.5. The lowest BCUT2D eigenvalue weighted by molar-refractivity contribution is -0.633. The Hall–Kier alpha value is -3.07. The molecule has 2 heterocycles. The number of rotatable bonds is 2. The molecule has 4 rings (SSSR count). The van der Waals surface area contributed by atoms with Crippen LogP contribution in [-0.4, -0.2) is 9.97 Å². The average molecular weight is 340 g/mol. The zero-order chi connectivity index (χ0) is 18.3. The van der Waals surface area contributed by atoms with Gasteiger partial charge in [-0.1, -0.05) is 17.7 Å². The number of benzene rings is 2. The summed E-state index contributed by atoms with van der Waals surface area (Å²) in [7, 11) is 2.13. The summed E-state index contributed by atoms with van der Waals surface area (Å²) in [5, 5.41) is 1.21. The Balaban J connectivity index is 1.95. The summed E-state index contributed by atoms with van der Waals surface area (Å²) in [6.07, 6.45) is 3.56. The lowest BCUT2D eigenvalue weighted by atomic mass is 9.96. The maximum atomic E-state index is 4.38. The normalized spacial score (nSPS) is 11.1. The first-order valence-corrected chi connectivity index (χ1v) is 8.83. The topological polar surface area (TPSA) is 29.7 Å². The van der Waals surface area contributed by atoms with Crippen LogP contribution in [0.1, 0.15) is 16.7 Å². The standard InChI is InChI=1S/C23H22N3/c1-15-12-16(2)17(3)20(13-15)21-9-8-18-6-7-19(14-22(18)26(21)4)23-24-10-5-11-25-23/h5-14H,1-4H3/q+1. The van der Waals surface area contributed by atoms with Crippen molar-refractivity contribution in [1.82, 2.24) is 9.97 Å². The van der Waals surface area contributed by atoms with Gasteiger partial charge in [0, 0.05) is 41.0 Å². The van der Waals surface area contributed by atoms with Crippen LogP contribution in [0.2, 0.25) is 0 Å². The molecule has 0 bridgehead atoms.